The van der Waals surface area contributed by atoms with Gasteiger partial charge in [0.1, 0.15) is 6.54 Å². The number of alkyl halides is 3. The Bertz CT molecular complexity index is 1260. The van der Waals surface area contributed by atoms with Crippen LogP contribution in [0.4, 0.5) is 24.5 Å². The summed E-state index contributed by atoms with van der Waals surface area (Å²) in [4.78, 5) is 23.9. The van der Waals surface area contributed by atoms with Crippen LogP contribution in [0.25, 0.3) is 0 Å². The van der Waals surface area contributed by atoms with Crippen molar-refractivity contribution in [2.75, 3.05) is 16.2 Å². The van der Waals surface area contributed by atoms with Crippen molar-refractivity contribution in [3.05, 3.63) is 90.0 Å². The third kappa shape index (κ3) is 5.78. The number of anilines is 2. The predicted molar refractivity (Wildman–Crippen MR) is 117 cm³/mol. The minimum absolute atomic E-state index is 0.169. The van der Waals surface area contributed by atoms with Gasteiger partial charge in [-0.3, -0.25) is 13.9 Å². The highest BCUT2D eigenvalue weighted by Crippen LogP contribution is 2.33. The van der Waals surface area contributed by atoms with Gasteiger partial charge in [0.05, 0.1) is 16.1 Å². The third-order valence-electron chi connectivity index (χ3n) is 4.66. The Hall–Kier alpha value is -3.66. The maximum absolute atomic E-state index is 13.2. The van der Waals surface area contributed by atoms with Crippen LogP contribution in [-0.2, 0) is 21.0 Å². The third-order valence-corrected chi connectivity index (χ3v) is 6.44. The molecule has 0 aliphatic heterocycles. The number of carbonyl (C=O) groups is 2. The lowest BCUT2D eigenvalue weighted by Crippen LogP contribution is -2.38. The summed E-state index contributed by atoms with van der Waals surface area (Å²) in [5.41, 5.74) is -0.638. The molecule has 0 spiro atoms. The molecule has 1 N–H and O–H groups in total. The summed E-state index contributed by atoms with van der Waals surface area (Å²) in [5.74, 6) is -0.944. The highest BCUT2D eigenvalue weighted by atomic mass is 32.2. The Kier molecular flexibility index (Phi) is 6.87. The van der Waals surface area contributed by atoms with Gasteiger partial charge in [0.25, 0.3) is 10.0 Å². The van der Waals surface area contributed by atoms with E-state index in [-0.39, 0.29) is 16.4 Å². The Balaban J connectivity index is 1.95. The van der Waals surface area contributed by atoms with Crippen molar-refractivity contribution in [2.45, 2.75) is 18.0 Å². The molecule has 0 heterocycles. The quantitative estimate of drug-likeness (QED) is 0.499. The number of amides is 1. The molecule has 0 saturated carbocycles. The molecule has 0 unspecified atom stereocenters. The number of nitrogens with one attached hydrogen (secondary N) is 1. The molecule has 0 aliphatic carbocycles. The number of ketones is 1. The zero-order valence-electron chi connectivity index (χ0n) is 17.3. The number of nitrogens with zero attached hydrogens (tertiary/aromatic N) is 1. The summed E-state index contributed by atoms with van der Waals surface area (Å²) >= 11 is 0. The molecule has 10 heteroatoms. The maximum Gasteiger partial charge on any atom is 0.416 e. The number of Topliss-reactive ketones (excluding diaryl/α,β-unsaturated/α-hetero) is 1. The second kappa shape index (κ2) is 9.45. The van der Waals surface area contributed by atoms with Crippen LogP contribution < -0.4 is 9.62 Å². The number of rotatable bonds is 7. The van der Waals surface area contributed by atoms with Crippen molar-refractivity contribution < 1.29 is 31.2 Å². The fraction of sp³-hybridized carbons (Fsp3) is 0.130. The van der Waals surface area contributed by atoms with Crippen LogP contribution in [0.1, 0.15) is 22.8 Å². The van der Waals surface area contributed by atoms with Gasteiger partial charge >= 0.3 is 6.18 Å². The molecule has 0 atom stereocenters. The molecular formula is C23H19F3N2O4S. The predicted octanol–water partition coefficient (Wildman–Crippen LogP) is 4.74. The van der Waals surface area contributed by atoms with Crippen molar-refractivity contribution in [3.63, 3.8) is 0 Å². The average molecular weight is 476 g/mol. The summed E-state index contributed by atoms with van der Waals surface area (Å²) in [6.07, 6.45) is -4.70. The largest absolute Gasteiger partial charge is 0.416 e. The zero-order valence-corrected chi connectivity index (χ0v) is 18.2. The van der Waals surface area contributed by atoms with Gasteiger partial charge in [-0.2, -0.15) is 13.2 Å². The monoisotopic (exact) mass is 476 g/mol. The van der Waals surface area contributed by atoms with E-state index >= 15 is 0 Å². The molecule has 0 fully saturated rings. The van der Waals surface area contributed by atoms with E-state index in [2.05, 4.69) is 5.32 Å². The molecule has 172 valence electrons. The van der Waals surface area contributed by atoms with Crippen molar-refractivity contribution >= 4 is 33.1 Å². The number of halogens is 3. The summed E-state index contributed by atoms with van der Waals surface area (Å²) < 4.78 is 66.7. The molecule has 6 nitrogen and oxygen atoms in total. The van der Waals surface area contributed by atoms with Crippen LogP contribution in [-0.4, -0.2) is 26.7 Å². The number of hydrogen-bond acceptors (Lipinski definition) is 4. The van der Waals surface area contributed by atoms with Gasteiger partial charge in [-0.15, -0.1) is 0 Å². The van der Waals surface area contributed by atoms with E-state index in [0.717, 1.165) is 12.1 Å². The van der Waals surface area contributed by atoms with Gasteiger partial charge in [0, 0.05) is 11.3 Å². The Morgan fingerprint density at radius 2 is 1.55 bits per heavy atom. The number of sulfonamides is 1. The van der Waals surface area contributed by atoms with Crippen LogP contribution in [0, 0.1) is 0 Å². The molecule has 3 aromatic carbocycles. The van der Waals surface area contributed by atoms with Crippen molar-refractivity contribution in [3.8, 4) is 0 Å². The standard InChI is InChI=1S/C23H19F3N2O4S/c1-16(29)17-10-12-19(13-11-17)27-22(30)15-28(33(31,32)21-8-3-2-4-9-21)20-7-5-6-18(14-20)23(24,25)26/h2-14H,15H2,1H3,(H,27,30). The SMILES string of the molecule is CC(=O)c1ccc(NC(=O)CN(c2cccc(C(F)(F)F)c2)S(=O)(=O)c2ccccc2)cc1. The van der Waals surface area contributed by atoms with Gasteiger partial charge in [0.15, 0.2) is 5.78 Å². The summed E-state index contributed by atoms with van der Waals surface area (Å²) in [5, 5.41) is 2.50. The summed E-state index contributed by atoms with van der Waals surface area (Å²) in [6.45, 7) is 0.613. The number of benzene rings is 3. The number of hydrogen-bond donors (Lipinski definition) is 1. The normalized spacial score (nSPS) is 11.6. The highest BCUT2D eigenvalue weighted by molar-refractivity contribution is 7.92. The summed E-state index contributed by atoms with van der Waals surface area (Å²) in [6, 6.07) is 16.8. The Morgan fingerprint density at radius 1 is 0.909 bits per heavy atom. The minimum atomic E-state index is -4.70. The van der Waals surface area contributed by atoms with E-state index in [0.29, 0.717) is 21.6 Å². The lowest BCUT2D eigenvalue weighted by Gasteiger charge is -2.25. The zero-order chi connectivity index (χ0) is 24.2. The first kappa shape index (κ1) is 24.0. The van der Waals surface area contributed by atoms with Crippen LogP contribution in [0.5, 0.6) is 0 Å². The molecule has 3 rings (SSSR count). The minimum Gasteiger partial charge on any atom is -0.325 e. The van der Waals surface area contributed by atoms with Gasteiger partial charge in [-0.25, -0.2) is 8.42 Å². The highest BCUT2D eigenvalue weighted by Gasteiger charge is 2.33. The first-order valence-electron chi connectivity index (χ1n) is 9.64. The summed E-state index contributed by atoms with van der Waals surface area (Å²) in [7, 11) is -4.36. The molecule has 3 aromatic rings. The maximum atomic E-state index is 13.2. The van der Waals surface area contributed by atoms with Gasteiger partial charge in [-0.1, -0.05) is 24.3 Å². The average Bonchev–Trinajstić information content (AvgIpc) is 2.78. The van der Waals surface area contributed by atoms with E-state index in [1.807, 2.05) is 0 Å². The fourth-order valence-corrected chi connectivity index (χ4v) is 4.43. The van der Waals surface area contributed by atoms with Gasteiger partial charge in [-0.05, 0) is 61.5 Å². The van der Waals surface area contributed by atoms with Gasteiger partial charge < -0.3 is 5.32 Å². The van der Waals surface area contributed by atoms with Gasteiger partial charge in [0.2, 0.25) is 5.91 Å². The molecule has 33 heavy (non-hydrogen) atoms. The lowest BCUT2D eigenvalue weighted by atomic mass is 10.1. The first-order valence-corrected chi connectivity index (χ1v) is 11.1. The topological polar surface area (TPSA) is 83.6 Å². The van der Waals surface area contributed by atoms with E-state index < -0.39 is 34.2 Å². The van der Waals surface area contributed by atoms with Crippen LogP contribution >= 0.6 is 0 Å². The molecule has 0 saturated heterocycles. The van der Waals surface area contributed by atoms with E-state index in [9.17, 15) is 31.2 Å². The Labute approximate surface area is 188 Å². The van der Waals surface area contributed by atoms with Crippen LogP contribution in [0.3, 0.4) is 0 Å². The van der Waals surface area contributed by atoms with E-state index in [1.54, 1.807) is 6.07 Å². The molecule has 0 aromatic heterocycles. The molecular weight excluding hydrogens is 457 g/mol. The number of carbonyl (C=O) groups excluding carboxylic acids is 2. The molecule has 0 bridgehead atoms. The van der Waals surface area contributed by atoms with Crippen molar-refractivity contribution in [2.24, 2.45) is 0 Å². The van der Waals surface area contributed by atoms with Crippen molar-refractivity contribution in [1.82, 2.24) is 0 Å². The van der Waals surface area contributed by atoms with E-state index in [1.165, 1.54) is 61.5 Å². The second-order valence-electron chi connectivity index (χ2n) is 7.05. The van der Waals surface area contributed by atoms with Crippen molar-refractivity contribution in [1.29, 1.82) is 0 Å². The van der Waals surface area contributed by atoms with E-state index in [4.69, 9.17) is 0 Å². The lowest BCUT2D eigenvalue weighted by molar-refractivity contribution is -0.137. The molecule has 1 amide bonds. The van der Waals surface area contributed by atoms with Crippen LogP contribution in [0.2, 0.25) is 0 Å². The second-order valence-corrected chi connectivity index (χ2v) is 8.92. The fourth-order valence-electron chi connectivity index (χ4n) is 2.99. The molecule has 0 radical (unpaired) electrons. The molecule has 0 aliphatic rings. The Morgan fingerprint density at radius 3 is 2.12 bits per heavy atom. The first-order chi connectivity index (χ1) is 15.5. The van der Waals surface area contributed by atoms with Crippen LogP contribution in [0.15, 0.2) is 83.8 Å². The smallest absolute Gasteiger partial charge is 0.325 e.